The van der Waals surface area contributed by atoms with Gasteiger partial charge in [-0.05, 0) is 24.7 Å². The van der Waals surface area contributed by atoms with Crippen molar-refractivity contribution in [1.82, 2.24) is 4.90 Å². The van der Waals surface area contributed by atoms with Crippen LogP contribution in [-0.2, 0) is 4.79 Å². The highest BCUT2D eigenvalue weighted by molar-refractivity contribution is 5.78. The molecule has 0 saturated carbocycles. The molecule has 0 aromatic heterocycles. The molecule has 1 saturated heterocycles. The predicted molar refractivity (Wildman–Crippen MR) is 54.4 cm³/mol. The minimum absolute atomic E-state index is 0.00199. The maximum atomic E-state index is 11.5. The molecule has 0 aliphatic carbocycles. The topological polar surface area (TPSA) is 44.1 Å². The van der Waals surface area contributed by atoms with Crippen molar-refractivity contribution in [3.8, 4) is 6.07 Å². The molecule has 1 aliphatic rings. The highest BCUT2D eigenvalue weighted by Gasteiger charge is 2.24. The number of piperidine rings is 1. The van der Waals surface area contributed by atoms with Crippen LogP contribution >= 0.6 is 0 Å². The fourth-order valence-corrected chi connectivity index (χ4v) is 1.96. The molecule has 78 valence electrons. The Morgan fingerprint density at radius 1 is 1.64 bits per heavy atom. The first-order valence-corrected chi connectivity index (χ1v) is 5.30. The third kappa shape index (κ3) is 2.73. The zero-order valence-corrected chi connectivity index (χ0v) is 8.99. The van der Waals surface area contributed by atoms with Gasteiger partial charge >= 0.3 is 0 Å². The van der Waals surface area contributed by atoms with Crippen molar-refractivity contribution in [3.05, 3.63) is 0 Å². The number of likely N-dealkylation sites (tertiary alicyclic amines) is 1. The summed E-state index contributed by atoms with van der Waals surface area (Å²) in [6.07, 6.45) is 2.33. The molecule has 1 atom stereocenters. The fourth-order valence-electron chi connectivity index (χ4n) is 1.96. The van der Waals surface area contributed by atoms with Gasteiger partial charge in [-0.2, -0.15) is 5.26 Å². The first-order valence-electron chi connectivity index (χ1n) is 5.30. The van der Waals surface area contributed by atoms with Gasteiger partial charge in [-0.15, -0.1) is 0 Å². The number of carbonyl (C=O) groups excluding carboxylic acids is 1. The average Bonchev–Trinajstić information content (AvgIpc) is 2.18. The molecule has 0 aromatic rings. The first kappa shape index (κ1) is 11.0. The van der Waals surface area contributed by atoms with Crippen molar-refractivity contribution in [2.45, 2.75) is 33.1 Å². The van der Waals surface area contributed by atoms with Gasteiger partial charge in [0.25, 0.3) is 0 Å². The number of hydrogen-bond donors (Lipinski definition) is 0. The van der Waals surface area contributed by atoms with Gasteiger partial charge in [-0.3, -0.25) is 4.79 Å². The van der Waals surface area contributed by atoms with Gasteiger partial charge in [0, 0.05) is 13.1 Å². The molecular weight excluding hydrogens is 176 g/mol. The Kier molecular flexibility index (Phi) is 3.94. The third-order valence-electron chi connectivity index (χ3n) is 2.98. The monoisotopic (exact) mass is 194 g/mol. The van der Waals surface area contributed by atoms with Gasteiger partial charge in [0.05, 0.1) is 6.07 Å². The van der Waals surface area contributed by atoms with E-state index in [1.165, 1.54) is 6.42 Å². The molecule has 1 fully saturated rings. The van der Waals surface area contributed by atoms with Crippen LogP contribution in [0.15, 0.2) is 0 Å². The molecular formula is C11H18N2O. The lowest BCUT2D eigenvalue weighted by atomic mass is 9.88. The summed E-state index contributed by atoms with van der Waals surface area (Å²) in [6, 6.07) is 1.92. The normalized spacial score (nSPS) is 22.1. The van der Waals surface area contributed by atoms with E-state index in [9.17, 15) is 4.79 Å². The predicted octanol–water partition coefficient (Wildman–Crippen LogP) is 1.79. The molecule has 0 spiro atoms. The third-order valence-corrected chi connectivity index (χ3v) is 2.98. The molecule has 3 heteroatoms. The van der Waals surface area contributed by atoms with Crippen LogP contribution in [0.3, 0.4) is 0 Å². The Bertz CT molecular complexity index is 242. The first-order chi connectivity index (χ1) is 6.65. The minimum atomic E-state index is -0.00199. The molecule has 1 amide bonds. The van der Waals surface area contributed by atoms with E-state index in [1.54, 1.807) is 0 Å². The van der Waals surface area contributed by atoms with E-state index < -0.39 is 0 Å². The summed E-state index contributed by atoms with van der Waals surface area (Å²) < 4.78 is 0. The van der Waals surface area contributed by atoms with Crippen molar-refractivity contribution >= 4 is 5.91 Å². The van der Waals surface area contributed by atoms with Gasteiger partial charge in [-0.1, -0.05) is 13.8 Å². The second-order valence-corrected chi connectivity index (χ2v) is 4.32. The van der Waals surface area contributed by atoms with E-state index in [0.717, 1.165) is 19.5 Å². The lowest BCUT2D eigenvalue weighted by molar-refractivity contribution is -0.132. The molecule has 1 heterocycles. The van der Waals surface area contributed by atoms with E-state index in [1.807, 2.05) is 11.0 Å². The molecule has 0 bridgehead atoms. The summed E-state index contributed by atoms with van der Waals surface area (Å²) in [7, 11) is 0. The van der Waals surface area contributed by atoms with Crippen LogP contribution < -0.4 is 0 Å². The molecule has 1 rings (SSSR count). The maximum absolute atomic E-state index is 11.5. The summed E-state index contributed by atoms with van der Waals surface area (Å²) in [5.41, 5.74) is 0. The fraction of sp³-hybridized carbons (Fsp3) is 0.818. The maximum Gasteiger partial charge on any atom is 0.236 e. The number of hydrogen-bond acceptors (Lipinski definition) is 2. The second kappa shape index (κ2) is 4.99. The summed E-state index contributed by atoms with van der Waals surface area (Å²) in [4.78, 5) is 13.3. The van der Waals surface area contributed by atoms with Crippen molar-refractivity contribution in [3.63, 3.8) is 0 Å². The second-order valence-electron chi connectivity index (χ2n) is 4.32. The van der Waals surface area contributed by atoms with Gasteiger partial charge in [0.2, 0.25) is 5.91 Å². The van der Waals surface area contributed by atoms with Crippen molar-refractivity contribution in [2.24, 2.45) is 11.8 Å². The van der Waals surface area contributed by atoms with E-state index in [-0.39, 0.29) is 12.3 Å². The van der Waals surface area contributed by atoms with Crippen LogP contribution in [0.2, 0.25) is 0 Å². The Hall–Kier alpha value is -1.04. The molecule has 3 nitrogen and oxygen atoms in total. The molecule has 1 aliphatic heterocycles. The van der Waals surface area contributed by atoms with Crippen molar-refractivity contribution < 1.29 is 4.79 Å². The van der Waals surface area contributed by atoms with Gasteiger partial charge in [-0.25, -0.2) is 0 Å². The standard InChI is InChI=1S/C11H18N2O/c1-9(2)10-4-3-7-13(8-10)11(14)5-6-12/h9-10H,3-5,7-8H2,1-2H3/t10-/m1/s1. The highest BCUT2D eigenvalue weighted by Crippen LogP contribution is 2.23. The molecule has 0 unspecified atom stereocenters. The van der Waals surface area contributed by atoms with Gasteiger partial charge < -0.3 is 4.90 Å². The number of rotatable bonds is 2. The quantitative estimate of drug-likeness (QED) is 0.672. The average molecular weight is 194 g/mol. The Labute approximate surface area is 85.7 Å². The van der Waals surface area contributed by atoms with E-state index in [2.05, 4.69) is 13.8 Å². The van der Waals surface area contributed by atoms with Crippen molar-refractivity contribution in [2.75, 3.05) is 13.1 Å². The molecule has 0 radical (unpaired) electrons. The van der Waals surface area contributed by atoms with E-state index in [4.69, 9.17) is 5.26 Å². The smallest absolute Gasteiger partial charge is 0.236 e. The number of carbonyl (C=O) groups is 1. The summed E-state index contributed by atoms with van der Waals surface area (Å²) >= 11 is 0. The van der Waals surface area contributed by atoms with Crippen LogP contribution in [0, 0.1) is 23.2 Å². The Balaban J connectivity index is 2.48. The number of nitriles is 1. The van der Waals surface area contributed by atoms with Crippen molar-refractivity contribution in [1.29, 1.82) is 5.26 Å². The number of amides is 1. The summed E-state index contributed by atoms with van der Waals surface area (Å²) in [5.74, 6) is 1.25. The van der Waals surface area contributed by atoms with Crippen LogP contribution in [-0.4, -0.2) is 23.9 Å². The molecule has 0 aromatic carbocycles. The molecule has 14 heavy (non-hydrogen) atoms. The largest absolute Gasteiger partial charge is 0.342 e. The Morgan fingerprint density at radius 2 is 2.36 bits per heavy atom. The van der Waals surface area contributed by atoms with Crippen LogP contribution in [0.1, 0.15) is 33.1 Å². The van der Waals surface area contributed by atoms with Crippen LogP contribution in [0.5, 0.6) is 0 Å². The van der Waals surface area contributed by atoms with Gasteiger partial charge in [0.15, 0.2) is 0 Å². The van der Waals surface area contributed by atoms with Crippen LogP contribution in [0.4, 0.5) is 0 Å². The summed E-state index contributed by atoms with van der Waals surface area (Å²) in [5, 5.41) is 8.44. The number of nitrogens with zero attached hydrogens (tertiary/aromatic N) is 2. The van der Waals surface area contributed by atoms with Crippen LogP contribution in [0.25, 0.3) is 0 Å². The summed E-state index contributed by atoms with van der Waals surface area (Å²) in [6.45, 7) is 6.08. The zero-order chi connectivity index (χ0) is 10.6. The minimum Gasteiger partial charge on any atom is -0.342 e. The van der Waals surface area contributed by atoms with E-state index >= 15 is 0 Å². The lowest BCUT2D eigenvalue weighted by Crippen LogP contribution is -2.41. The highest BCUT2D eigenvalue weighted by atomic mass is 16.2. The zero-order valence-electron chi connectivity index (χ0n) is 8.99. The van der Waals surface area contributed by atoms with E-state index in [0.29, 0.717) is 11.8 Å². The Morgan fingerprint density at radius 3 is 2.93 bits per heavy atom. The van der Waals surface area contributed by atoms with Gasteiger partial charge in [0.1, 0.15) is 6.42 Å². The molecule has 0 N–H and O–H groups in total. The SMILES string of the molecule is CC(C)[C@@H]1CCCN(C(=O)CC#N)C1. The lowest BCUT2D eigenvalue weighted by Gasteiger charge is -2.34.